The molecule has 2 aromatic rings. The zero-order valence-electron chi connectivity index (χ0n) is 12.8. The maximum absolute atomic E-state index is 13.8. The van der Waals surface area contributed by atoms with Crippen molar-refractivity contribution in [2.24, 2.45) is 0 Å². The van der Waals surface area contributed by atoms with Gasteiger partial charge in [0.25, 0.3) is 0 Å². The number of rotatable bonds is 7. The normalized spacial score (nSPS) is 14.3. The van der Waals surface area contributed by atoms with E-state index in [0.29, 0.717) is 6.54 Å². The standard InChI is InChI=1S/C17H23FN2O/c1-13(11-19-12-15-7-6-10-21-15)20(3)14(2)16-8-4-5-9-17(16)18/h4-10,13-14,19H,11-12H2,1-3H3. The molecule has 1 aromatic heterocycles. The lowest BCUT2D eigenvalue weighted by Gasteiger charge is -2.31. The molecule has 1 aromatic carbocycles. The molecular formula is C17H23FN2O. The van der Waals surface area contributed by atoms with Gasteiger partial charge in [-0.3, -0.25) is 4.90 Å². The molecule has 2 atom stereocenters. The van der Waals surface area contributed by atoms with Gasteiger partial charge in [-0.2, -0.15) is 0 Å². The van der Waals surface area contributed by atoms with Crippen LogP contribution in [0.3, 0.4) is 0 Å². The Morgan fingerprint density at radius 2 is 1.95 bits per heavy atom. The number of halogens is 1. The lowest BCUT2D eigenvalue weighted by atomic mass is 10.1. The van der Waals surface area contributed by atoms with E-state index < -0.39 is 0 Å². The Kier molecular flexibility index (Phi) is 5.53. The van der Waals surface area contributed by atoms with Crippen molar-refractivity contribution < 1.29 is 8.81 Å². The first-order valence-corrected chi connectivity index (χ1v) is 7.29. The van der Waals surface area contributed by atoms with Crippen LogP contribution in [0.1, 0.15) is 31.2 Å². The molecule has 0 aliphatic carbocycles. The highest BCUT2D eigenvalue weighted by Gasteiger charge is 2.19. The highest BCUT2D eigenvalue weighted by Crippen LogP contribution is 2.22. The van der Waals surface area contributed by atoms with Gasteiger partial charge in [0.15, 0.2) is 0 Å². The van der Waals surface area contributed by atoms with Crippen LogP contribution in [0.4, 0.5) is 4.39 Å². The summed E-state index contributed by atoms with van der Waals surface area (Å²) in [7, 11) is 2.02. The van der Waals surface area contributed by atoms with Gasteiger partial charge in [0.1, 0.15) is 11.6 Å². The molecule has 2 rings (SSSR count). The monoisotopic (exact) mass is 290 g/mol. The molecule has 0 spiro atoms. The molecule has 4 heteroatoms. The fourth-order valence-electron chi connectivity index (χ4n) is 2.38. The zero-order chi connectivity index (χ0) is 15.2. The van der Waals surface area contributed by atoms with Crippen LogP contribution >= 0.6 is 0 Å². The van der Waals surface area contributed by atoms with Crippen molar-refractivity contribution in [3.8, 4) is 0 Å². The van der Waals surface area contributed by atoms with Crippen molar-refractivity contribution in [1.82, 2.24) is 10.2 Å². The quantitative estimate of drug-likeness (QED) is 0.844. The van der Waals surface area contributed by atoms with E-state index in [1.807, 2.05) is 38.2 Å². The maximum Gasteiger partial charge on any atom is 0.127 e. The van der Waals surface area contributed by atoms with Crippen molar-refractivity contribution in [2.45, 2.75) is 32.5 Å². The molecule has 0 bridgehead atoms. The van der Waals surface area contributed by atoms with E-state index in [9.17, 15) is 4.39 Å². The Morgan fingerprint density at radius 3 is 2.62 bits per heavy atom. The summed E-state index contributed by atoms with van der Waals surface area (Å²) in [6.45, 7) is 5.68. The summed E-state index contributed by atoms with van der Waals surface area (Å²) < 4.78 is 19.1. The van der Waals surface area contributed by atoms with Gasteiger partial charge in [0.05, 0.1) is 12.8 Å². The van der Waals surface area contributed by atoms with E-state index in [4.69, 9.17) is 4.42 Å². The van der Waals surface area contributed by atoms with Crippen molar-refractivity contribution in [3.05, 3.63) is 59.8 Å². The maximum atomic E-state index is 13.8. The fraction of sp³-hybridized carbons (Fsp3) is 0.412. The molecule has 114 valence electrons. The van der Waals surface area contributed by atoms with E-state index >= 15 is 0 Å². The molecular weight excluding hydrogens is 267 g/mol. The molecule has 2 unspecified atom stereocenters. The Hall–Kier alpha value is -1.65. The number of hydrogen-bond donors (Lipinski definition) is 1. The summed E-state index contributed by atoms with van der Waals surface area (Å²) in [6, 6.07) is 11.1. The summed E-state index contributed by atoms with van der Waals surface area (Å²) in [5.74, 6) is 0.777. The van der Waals surface area contributed by atoms with Gasteiger partial charge in [-0.25, -0.2) is 4.39 Å². The molecule has 21 heavy (non-hydrogen) atoms. The van der Waals surface area contributed by atoms with E-state index in [1.165, 1.54) is 6.07 Å². The third kappa shape index (κ3) is 4.16. The largest absolute Gasteiger partial charge is 0.468 e. The van der Waals surface area contributed by atoms with Crippen LogP contribution in [0.25, 0.3) is 0 Å². The van der Waals surface area contributed by atoms with Gasteiger partial charge < -0.3 is 9.73 Å². The SMILES string of the molecule is CC(CNCc1ccco1)N(C)C(C)c1ccccc1F. The summed E-state index contributed by atoms with van der Waals surface area (Å²) in [5, 5.41) is 3.36. The van der Waals surface area contributed by atoms with Gasteiger partial charge >= 0.3 is 0 Å². The molecule has 0 amide bonds. The minimum absolute atomic E-state index is 0.0339. The lowest BCUT2D eigenvalue weighted by molar-refractivity contribution is 0.189. The predicted molar refractivity (Wildman–Crippen MR) is 82.5 cm³/mol. The smallest absolute Gasteiger partial charge is 0.127 e. The van der Waals surface area contributed by atoms with E-state index in [0.717, 1.165) is 17.9 Å². The topological polar surface area (TPSA) is 28.4 Å². The molecule has 0 fully saturated rings. The number of nitrogens with zero attached hydrogens (tertiary/aromatic N) is 1. The highest BCUT2D eigenvalue weighted by atomic mass is 19.1. The third-order valence-electron chi connectivity index (χ3n) is 3.98. The molecule has 0 saturated carbocycles. The lowest BCUT2D eigenvalue weighted by Crippen LogP contribution is -2.39. The predicted octanol–water partition coefficient (Wildman–Crippen LogP) is 3.59. The Balaban J connectivity index is 1.86. The molecule has 0 radical (unpaired) electrons. The van der Waals surface area contributed by atoms with Crippen molar-refractivity contribution in [1.29, 1.82) is 0 Å². The second-order valence-corrected chi connectivity index (χ2v) is 5.42. The first-order chi connectivity index (χ1) is 10.1. The van der Waals surface area contributed by atoms with Crippen molar-refractivity contribution in [2.75, 3.05) is 13.6 Å². The summed E-state index contributed by atoms with van der Waals surface area (Å²) >= 11 is 0. The van der Waals surface area contributed by atoms with Crippen molar-refractivity contribution in [3.63, 3.8) is 0 Å². The second kappa shape index (κ2) is 7.38. The van der Waals surface area contributed by atoms with Gasteiger partial charge in [-0.05, 0) is 39.1 Å². The second-order valence-electron chi connectivity index (χ2n) is 5.42. The number of furan rings is 1. The van der Waals surface area contributed by atoms with Crippen LogP contribution in [0.2, 0.25) is 0 Å². The van der Waals surface area contributed by atoms with Gasteiger partial charge in [0.2, 0.25) is 0 Å². The average Bonchev–Trinajstić information content (AvgIpc) is 2.99. The molecule has 1 heterocycles. The van der Waals surface area contributed by atoms with Crippen LogP contribution < -0.4 is 5.32 Å². The van der Waals surface area contributed by atoms with Crippen molar-refractivity contribution >= 4 is 0 Å². The fourth-order valence-corrected chi connectivity index (χ4v) is 2.38. The zero-order valence-corrected chi connectivity index (χ0v) is 12.8. The Bertz CT molecular complexity index is 541. The van der Waals surface area contributed by atoms with Crippen LogP contribution in [-0.4, -0.2) is 24.5 Å². The van der Waals surface area contributed by atoms with Gasteiger partial charge in [0, 0.05) is 24.2 Å². The molecule has 3 nitrogen and oxygen atoms in total. The number of hydrogen-bond acceptors (Lipinski definition) is 3. The average molecular weight is 290 g/mol. The van der Waals surface area contributed by atoms with Crippen LogP contribution in [0.15, 0.2) is 47.1 Å². The highest BCUT2D eigenvalue weighted by molar-refractivity contribution is 5.20. The molecule has 1 N–H and O–H groups in total. The number of likely N-dealkylation sites (N-methyl/N-ethyl adjacent to an activating group) is 1. The van der Waals surface area contributed by atoms with Crippen LogP contribution in [0, 0.1) is 5.82 Å². The van der Waals surface area contributed by atoms with Gasteiger partial charge in [-0.1, -0.05) is 18.2 Å². The van der Waals surface area contributed by atoms with Crippen LogP contribution in [-0.2, 0) is 6.54 Å². The van der Waals surface area contributed by atoms with Crippen LogP contribution in [0.5, 0.6) is 0 Å². The number of benzene rings is 1. The first-order valence-electron chi connectivity index (χ1n) is 7.29. The third-order valence-corrected chi connectivity index (χ3v) is 3.98. The summed E-state index contributed by atoms with van der Waals surface area (Å²) in [6.07, 6.45) is 1.67. The minimum Gasteiger partial charge on any atom is -0.468 e. The molecule has 0 aliphatic heterocycles. The number of nitrogens with one attached hydrogen (secondary N) is 1. The Morgan fingerprint density at radius 1 is 1.19 bits per heavy atom. The Labute approximate surface area is 125 Å². The summed E-state index contributed by atoms with van der Waals surface area (Å²) in [5.41, 5.74) is 0.734. The van der Waals surface area contributed by atoms with E-state index in [1.54, 1.807) is 12.3 Å². The van der Waals surface area contributed by atoms with Gasteiger partial charge in [-0.15, -0.1) is 0 Å². The molecule has 0 aliphatic rings. The summed E-state index contributed by atoms with van der Waals surface area (Å²) in [4.78, 5) is 2.17. The first kappa shape index (κ1) is 15.7. The van der Waals surface area contributed by atoms with E-state index in [-0.39, 0.29) is 17.9 Å². The minimum atomic E-state index is -0.146. The molecule has 0 saturated heterocycles. The van der Waals surface area contributed by atoms with E-state index in [2.05, 4.69) is 17.1 Å².